The van der Waals surface area contributed by atoms with Crippen molar-refractivity contribution in [3.05, 3.63) is 54.6 Å². The fourth-order valence-corrected chi connectivity index (χ4v) is 2.83. The second-order valence-electron chi connectivity index (χ2n) is 4.61. The molecule has 0 fully saturated rings. The van der Waals surface area contributed by atoms with Gasteiger partial charge in [0.15, 0.2) is 11.5 Å². The summed E-state index contributed by atoms with van der Waals surface area (Å²) in [7, 11) is 0. The number of phenols is 2. The lowest BCUT2D eigenvalue weighted by Gasteiger charge is -2.09. The van der Waals surface area contributed by atoms with E-state index in [1.807, 2.05) is 30.5 Å². The van der Waals surface area contributed by atoms with Crippen molar-refractivity contribution >= 4 is 22.5 Å². The Morgan fingerprint density at radius 3 is 2.30 bits per heavy atom. The summed E-state index contributed by atoms with van der Waals surface area (Å²) < 4.78 is 0. The second-order valence-corrected chi connectivity index (χ2v) is 5.46. The van der Waals surface area contributed by atoms with Gasteiger partial charge in [0.1, 0.15) is 0 Å². The Morgan fingerprint density at radius 2 is 1.55 bits per heavy atom. The van der Waals surface area contributed by atoms with E-state index in [-0.39, 0.29) is 11.5 Å². The van der Waals surface area contributed by atoms with Crippen LogP contribution in [0.5, 0.6) is 11.5 Å². The second kappa shape index (κ2) is 5.10. The quantitative estimate of drug-likeness (QED) is 0.531. The standard InChI is InChI=1S/C17H14O2S/c1-20-16-10-14(9-15(18)17(16)19)13-7-6-11-4-2-3-5-12(11)8-13/h2-10,18-19H,1H3. The summed E-state index contributed by atoms with van der Waals surface area (Å²) in [5.74, 6) is -0.137. The molecule has 3 aromatic rings. The molecule has 0 radical (unpaired) electrons. The summed E-state index contributed by atoms with van der Waals surface area (Å²) in [4.78, 5) is 0.674. The van der Waals surface area contributed by atoms with Crippen LogP contribution in [0, 0.1) is 0 Å². The molecule has 0 aliphatic rings. The summed E-state index contributed by atoms with van der Waals surface area (Å²) in [6, 6.07) is 17.8. The first-order valence-corrected chi connectivity index (χ1v) is 7.50. The zero-order valence-corrected chi connectivity index (χ0v) is 11.8. The van der Waals surface area contributed by atoms with Crippen LogP contribution in [0.3, 0.4) is 0 Å². The first-order valence-electron chi connectivity index (χ1n) is 6.28. The smallest absolute Gasteiger partial charge is 0.171 e. The molecule has 2 nitrogen and oxygen atoms in total. The van der Waals surface area contributed by atoms with Gasteiger partial charge in [0.2, 0.25) is 0 Å². The third-order valence-corrected chi connectivity index (χ3v) is 4.11. The molecule has 0 spiro atoms. The minimum atomic E-state index is -0.0833. The van der Waals surface area contributed by atoms with E-state index in [9.17, 15) is 10.2 Å². The Morgan fingerprint density at radius 1 is 0.800 bits per heavy atom. The van der Waals surface area contributed by atoms with Crippen molar-refractivity contribution in [2.75, 3.05) is 6.26 Å². The molecule has 0 unspecified atom stereocenters. The molecular weight excluding hydrogens is 268 g/mol. The van der Waals surface area contributed by atoms with Gasteiger partial charge in [-0.25, -0.2) is 0 Å². The van der Waals surface area contributed by atoms with E-state index in [0.29, 0.717) is 4.90 Å². The number of hydrogen-bond acceptors (Lipinski definition) is 3. The van der Waals surface area contributed by atoms with Crippen LogP contribution in [0.1, 0.15) is 0 Å². The van der Waals surface area contributed by atoms with Gasteiger partial charge < -0.3 is 10.2 Å². The zero-order valence-electron chi connectivity index (χ0n) is 11.0. The monoisotopic (exact) mass is 282 g/mol. The van der Waals surface area contributed by atoms with Crippen molar-refractivity contribution in [2.45, 2.75) is 4.90 Å². The van der Waals surface area contributed by atoms with Crippen molar-refractivity contribution in [3.63, 3.8) is 0 Å². The molecule has 3 rings (SSSR count). The molecule has 2 N–H and O–H groups in total. The average Bonchev–Trinajstić information content (AvgIpc) is 2.49. The van der Waals surface area contributed by atoms with Crippen molar-refractivity contribution in [3.8, 4) is 22.6 Å². The molecule has 0 heterocycles. The topological polar surface area (TPSA) is 40.5 Å². The van der Waals surface area contributed by atoms with E-state index in [1.165, 1.54) is 17.1 Å². The van der Waals surface area contributed by atoms with Gasteiger partial charge in [0, 0.05) is 0 Å². The van der Waals surface area contributed by atoms with Crippen molar-refractivity contribution in [1.29, 1.82) is 0 Å². The molecule has 0 bridgehead atoms. The maximum Gasteiger partial charge on any atom is 0.171 e. The Bertz CT molecular complexity index is 781. The average molecular weight is 282 g/mol. The van der Waals surface area contributed by atoms with Crippen LogP contribution >= 0.6 is 11.8 Å². The van der Waals surface area contributed by atoms with Gasteiger partial charge in [0.25, 0.3) is 0 Å². The number of hydrogen-bond donors (Lipinski definition) is 2. The Labute approximate surface area is 121 Å². The zero-order chi connectivity index (χ0) is 14.1. The Kier molecular flexibility index (Phi) is 3.28. The third kappa shape index (κ3) is 2.21. The lowest BCUT2D eigenvalue weighted by Crippen LogP contribution is -1.82. The van der Waals surface area contributed by atoms with E-state index < -0.39 is 0 Å². The number of fused-ring (bicyclic) bond motifs is 1. The molecule has 3 heteroatoms. The van der Waals surface area contributed by atoms with Gasteiger partial charge in [0.05, 0.1) is 4.90 Å². The van der Waals surface area contributed by atoms with Gasteiger partial charge in [-0.15, -0.1) is 11.8 Å². The lowest BCUT2D eigenvalue weighted by molar-refractivity contribution is 0.395. The van der Waals surface area contributed by atoms with Gasteiger partial charge in [-0.2, -0.15) is 0 Å². The van der Waals surface area contributed by atoms with Crippen LogP contribution in [0.4, 0.5) is 0 Å². The molecule has 0 saturated carbocycles. The number of rotatable bonds is 2. The van der Waals surface area contributed by atoms with Crippen LogP contribution in [0.2, 0.25) is 0 Å². The Hall–Kier alpha value is -2.13. The Balaban J connectivity index is 2.17. The number of aromatic hydroxyl groups is 2. The van der Waals surface area contributed by atoms with Crippen LogP contribution in [-0.2, 0) is 0 Å². The normalized spacial score (nSPS) is 10.8. The molecule has 20 heavy (non-hydrogen) atoms. The van der Waals surface area contributed by atoms with Crippen molar-refractivity contribution in [1.82, 2.24) is 0 Å². The molecule has 0 amide bonds. The SMILES string of the molecule is CSc1cc(-c2ccc3ccccc3c2)cc(O)c1O. The van der Waals surface area contributed by atoms with Crippen LogP contribution in [0.25, 0.3) is 21.9 Å². The minimum absolute atomic E-state index is 0.0537. The lowest BCUT2D eigenvalue weighted by atomic mass is 10.0. The number of thioether (sulfide) groups is 1. The largest absolute Gasteiger partial charge is 0.504 e. The molecule has 0 aliphatic carbocycles. The summed E-state index contributed by atoms with van der Waals surface area (Å²) in [6.07, 6.45) is 1.87. The van der Waals surface area contributed by atoms with E-state index in [1.54, 1.807) is 6.07 Å². The maximum absolute atomic E-state index is 9.82. The summed E-state index contributed by atoms with van der Waals surface area (Å²) in [5.41, 5.74) is 1.92. The summed E-state index contributed by atoms with van der Waals surface area (Å²) >= 11 is 1.41. The predicted octanol–water partition coefficient (Wildman–Crippen LogP) is 4.64. The summed E-state index contributed by atoms with van der Waals surface area (Å²) in [5, 5.41) is 21.9. The van der Waals surface area contributed by atoms with E-state index >= 15 is 0 Å². The highest BCUT2D eigenvalue weighted by Gasteiger charge is 2.10. The van der Waals surface area contributed by atoms with Gasteiger partial charge in [-0.1, -0.05) is 36.4 Å². The maximum atomic E-state index is 9.82. The minimum Gasteiger partial charge on any atom is -0.504 e. The molecule has 0 atom stereocenters. The molecular formula is C17H14O2S. The first kappa shape index (κ1) is 12.9. The van der Waals surface area contributed by atoms with Crippen molar-refractivity contribution < 1.29 is 10.2 Å². The van der Waals surface area contributed by atoms with E-state index in [2.05, 4.69) is 24.3 Å². The highest BCUT2D eigenvalue weighted by Crippen LogP contribution is 2.39. The highest BCUT2D eigenvalue weighted by atomic mass is 32.2. The van der Waals surface area contributed by atoms with Crippen LogP contribution in [0.15, 0.2) is 59.5 Å². The molecule has 100 valence electrons. The van der Waals surface area contributed by atoms with Gasteiger partial charge in [-0.3, -0.25) is 0 Å². The third-order valence-electron chi connectivity index (χ3n) is 3.36. The first-order chi connectivity index (χ1) is 9.69. The fourth-order valence-electron chi connectivity index (χ4n) is 2.28. The van der Waals surface area contributed by atoms with Crippen LogP contribution in [-0.4, -0.2) is 16.5 Å². The molecule has 3 aromatic carbocycles. The molecule has 0 aliphatic heterocycles. The fraction of sp³-hybridized carbons (Fsp3) is 0.0588. The molecule has 0 saturated heterocycles. The van der Waals surface area contributed by atoms with Gasteiger partial charge >= 0.3 is 0 Å². The number of phenolic OH excluding ortho intramolecular Hbond substituents is 2. The van der Waals surface area contributed by atoms with Crippen LogP contribution < -0.4 is 0 Å². The van der Waals surface area contributed by atoms with Gasteiger partial charge in [-0.05, 0) is 46.4 Å². The van der Waals surface area contributed by atoms with E-state index in [4.69, 9.17) is 0 Å². The summed E-state index contributed by atoms with van der Waals surface area (Å²) in [6.45, 7) is 0. The molecule has 0 aromatic heterocycles. The predicted molar refractivity (Wildman–Crippen MR) is 84.5 cm³/mol. The highest BCUT2D eigenvalue weighted by molar-refractivity contribution is 7.98. The van der Waals surface area contributed by atoms with Crippen molar-refractivity contribution in [2.24, 2.45) is 0 Å². The van der Waals surface area contributed by atoms with E-state index in [0.717, 1.165) is 16.5 Å². The number of benzene rings is 3.